The van der Waals surface area contributed by atoms with E-state index in [9.17, 15) is 9.59 Å². The molecule has 0 spiro atoms. The fourth-order valence-electron chi connectivity index (χ4n) is 3.55. The Labute approximate surface area is 186 Å². The van der Waals surface area contributed by atoms with Crippen LogP contribution in [-0.4, -0.2) is 25.0 Å². The molecule has 4 rings (SSSR count). The van der Waals surface area contributed by atoms with E-state index in [1.807, 2.05) is 61.5 Å². The second-order valence-electron chi connectivity index (χ2n) is 7.30. The minimum Gasteiger partial charge on any atom is -0.456 e. The molecule has 1 aliphatic rings. The van der Waals surface area contributed by atoms with Gasteiger partial charge in [-0.1, -0.05) is 66.4 Å². The molecule has 3 aromatic rings. The Hall–Kier alpha value is -3.25. The number of amides is 1. The van der Waals surface area contributed by atoms with Crippen molar-refractivity contribution in [3.05, 3.63) is 84.4 Å². The van der Waals surface area contributed by atoms with Crippen molar-refractivity contribution in [2.45, 2.75) is 29.2 Å². The SMILES string of the molecule is C[C@@H](NC(=O)COC(=O)CCN1c2ccccc2Sc2ccccc21)c1ccccc1. The lowest BCUT2D eigenvalue weighted by Crippen LogP contribution is -2.31. The monoisotopic (exact) mass is 432 g/mol. The van der Waals surface area contributed by atoms with Gasteiger partial charge in [-0.25, -0.2) is 0 Å². The number of rotatable bonds is 7. The summed E-state index contributed by atoms with van der Waals surface area (Å²) in [6.45, 7) is 2.10. The van der Waals surface area contributed by atoms with Gasteiger partial charge in [-0.15, -0.1) is 0 Å². The molecule has 1 aliphatic heterocycles. The zero-order valence-electron chi connectivity index (χ0n) is 17.3. The van der Waals surface area contributed by atoms with Gasteiger partial charge in [0.05, 0.1) is 23.8 Å². The number of esters is 1. The fraction of sp³-hybridized carbons (Fsp3) is 0.200. The number of para-hydroxylation sites is 2. The largest absolute Gasteiger partial charge is 0.456 e. The van der Waals surface area contributed by atoms with Crippen LogP contribution in [0.1, 0.15) is 24.9 Å². The Morgan fingerprint density at radius 3 is 2.13 bits per heavy atom. The number of fused-ring (bicyclic) bond motifs is 2. The van der Waals surface area contributed by atoms with Crippen LogP contribution in [0.5, 0.6) is 0 Å². The molecule has 6 heteroatoms. The fourth-order valence-corrected chi connectivity index (χ4v) is 4.65. The zero-order valence-corrected chi connectivity index (χ0v) is 18.1. The van der Waals surface area contributed by atoms with Crippen molar-refractivity contribution in [3.8, 4) is 0 Å². The molecular formula is C25H24N2O3S. The summed E-state index contributed by atoms with van der Waals surface area (Å²) in [5, 5.41) is 2.85. The standard InChI is InChI=1S/C25H24N2O3S/c1-18(19-9-3-2-4-10-19)26-24(28)17-30-25(29)15-16-27-20-11-5-7-13-22(20)31-23-14-8-6-12-21(23)27/h2-14,18H,15-17H2,1H3,(H,26,28)/t18-/m1/s1. The van der Waals surface area contributed by atoms with Crippen LogP contribution in [0.2, 0.25) is 0 Å². The molecule has 3 aromatic carbocycles. The van der Waals surface area contributed by atoms with E-state index in [1.165, 1.54) is 0 Å². The molecule has 1 amide bonds. The van der Waals surface area contributed by atoms with E-state index >= 15 is 0 Å². The molecule has 31 heavy (non-hydrogen) atoms. The first kappa shape index (κ1) is 21.0. The lowest BCUT2D eigenvalue weighted by atomic mass is 10.1. The Balaban J connectivity index is 1.32. The Bertz CT molecular complexity index is 1030. The Morgan fingerprint density at radius 2 is 1.48 bits per heavy atom. The molecular weight excluding hydrogens is 408 g/mol. The summed E-state index contributed by atoms with van der Waals surface area (Å²) in [4.78, 5) is 29.0. The van der Waals surface area contributed by atoms with E-state index < -0.39 is 5.97 Å². The summed E-state index contributed by atoms with van der Waals surface area (Å²) in [6.07, 6.45) is 0.189. The molecule has 0 unspecified atom stereocenters. The first-order valence-corrected chi connectivity index (χ1v) is 11.1. The maximum Gasteiger partial charge on any atom is 0.308 e. The van der Waals surface area contributed by atoms with Gasteiger partial charge in [0.25, 0.3) is 5.91 Å². The minimum absolute atomic E-state index is 0.147. The van der Waals surface area contributed by atoms with Crippen LogP contribution in [0.4, 0.5) is 11.4 Å². The van der Waals surface area contributed by atoms with Gasteiger partial charge in [0.1, 0.15) is 0 Å². The second kappa shape index (κ2) is 9.71. The first-order chi connectivity index (χ1) is 15.1. The van der Waals surface area contributed by atoms with Gasteiger partial charge < -0.3 is 15.0 Å². The van der Waals surface area contributed by atoms with Crippen LogP contribution in [0.3, 0.4) is 0 Å². The van der Waals surface area contributed by atoms with E-state index in [0.29, 0.717) is 6.54 Å². The summed E-state index contributed by atoms with van der Waals surface area (Å²) >= 11 is 1.73. The van der Waals surface area contributed by atoms with Crippen LogP contribution in [0.15, 0.2) is 88.7 Å². The molecule has 0 aliphatic carbocycles. The van der Waals surface area contributed by atoms with Gasteiger partial charge in [-0.05, 0) is 36.8 Å². The van der Waals surface area contributed by atoms with Gasteiger partial charge >= 0.3 is 5.97 Å². The molecule has 1 heterocycles. The average Bonchev–Trinajstić information content (AvgIpc) is 2.81. The lowest BCUT2D eigenvalue weighted by molar-refractivity contribution is -0.148. The molecule has 0 radical (unpaired) electrons. The van der Waals surface area contributed by atoms with Gasteiger partial charge in [0.2, 0.25) is 0 Å². The zero-order chi connectivity index (χ0) is 21.6. The van der Waals surface area contributed by atoms with Crippen LogP contribution in [0, 0.1) is 0 Å². The number of hydrogen-bond acceptors (Lipinski definition) is 5. The molecule has 0 saturated heterocycles. The van der Waals surface area contributed by atoms with Crippen molar-refractivity contribution in [2.24, 2.45) is 0 Å². The number of carbonyl (C=O) groups excluding carboxylic acids is 2. The van der Waals surface area contributed by atoms with Gasteiger partial charge in [-0.3, -0.25) is 9.59 Å². The predicted molar refractivity (Wildman–Crippen MR) is 123 cm³/mol. The van der Waals surface area contributed by atoms with E-state index in [1.54, 1.807) is 11.8 Å². The van der Waals surface area contributed by atoms with Gasteiger partial charge in [-0.2, -0.15) is 0 Å². The molecule has 5 nitrogen and oxygen atoms in total. The van der Waals surface area contributed by atoms with Crippen molar-refractivity contribution in [2.75, 3.05) is 18.1 Å². The maximum absolute atomic E-state index is 12.3. The molecule has 0 bridgehead atoms. The third-order valence-corrected chi connectivity index (χ3v) is 6.24. The van der Waals surface area contributed by atoms with E-state index in [-0.39, 0.29) is 25.0 Å². The number of benzene rings is 3. The number of nitrogens with zero attached hydrogens (tertiary/aromatic N) is 1. The number of anilines is 2. The third kappa shape index (κ3) is 5.09. The van der Waals surface area contributed by atoms with Crippen LogP contribution in [0.25, 0.3) is 0 Å². The van der Waals surface area contributed by atoms with E-state index in [4.69, 9.17) is 4.74 Å². The number of nitrogens with one attached hydrogen (secondary N) is 1. The molecule has 0 aromatic heterocycles. The smallest absolute Gasteiger partial charge is 0.308 e. The average molecular weight is 433 g/mol. The summed E-state index contributed by atoms with van der Waals surface area (Å²) in [7, 11) is 0. The summed E-state index contributed by atoms with van der Waals surface area (Å²) in [5.41, 5.74) is 3.16. The molecule has 158 valence electrons. The minimum atomic E-state index is -0.393. The Morgan fingerprint density at radius 1 is 0.903 bits per heavy atom. The van der Waals surface area contributed by atoms with Crippen LogP contribution >= 0.6 is 11.8 Å². The maximum atomic E-state index is 12.3. The normalized spacial score (nSPS) is 13.0. The number of ether oxygens (including phenoxy) is 1. The molecule has 0 fully saturated rings. The van der Waals surface area contributed by atoms with E-state index in [0.717, 1.165) is 26.7 Å². The highest BCUT2D eigenvalue weighted by molar-refractivity contribution is 7.99. The van der Waals surface area contributed by atoms with E-state index in [2.05, 4.69) is 34.5 Å². The topological polar surface area (TPSA) is 58.6 Å². The third-order valence-electron chi connectivity index (χ3n) is 5.11. The summed E-state index contributed by atoms with van der Waals surface area (Å²) in [5.74, 6) is -0.703. The molecule has 1 atom stereocenters. The predicted octanol–water partition coefficient (Wildman–Crippen LogP) is 5.10. The highest BCUT2D eigenvalue weighted by Crippen LogP contribution is 2.47. The van der Waals surface area contributed by atoms with Crippen molar-refractivity contribution in [1.82, 2.24) is 5.32 Å². The quantitative estimate of drug-likeness (QED) is 0.527. The highest BCUT2D eigenvalue weighted by atomic mass is 32.2. The van der Waals surface area contributed by atoms with Crippen LogP contribution < -0.4 is 10.2 Å². The number of carbonyl (C=O) groups is 2. The molecule has 1 N–H and O–H groups in total. The number of hydrogen-bond donors (Lipinski definition) is 1. The van der Waals surface area contributed by atoms with Crippen LogP contribution in [-0.2, 0) is 14.3 Å². The lowest BCUT2D eigenvalue weighted by Gasteiger charge is -2.32. The van der Waals surface area contributed by atoms with Crippen molar-refractivity contribution in [3.63, 3.8) is 0 Å². The summed E-state index contributed by atoms with van der Waals surface area (Å²) < 4.78 is 5.22. The van der Waals surface area contributed by atoms with Crippen molar-refractivity contribution < 1.29 is 14.3 Å². The Kier molecular flexibility index (Phi) is 6.57. The van der Waals surface area contributed by atoms with Crippen molar-refractivity contribution >= 4 is 35.0 Å². The first-order valence-electron chi connectivity index (χ1n) is 10.2. The van der Waals surface area contributed by atoms with Crippen molar-refractivity contribution in [1.29, 1.82) is 0 Å². The highest BCUT2D eigenvalue weighted by Gasteiger charge is 2.23. The summed E-state index contributed by atoms with van der Waals surface area (Å²) in [6, 6.07) is 25.8. The van der Waals surface area contributed by atoms with Gasteiger partial charge in [0, 0.05) is 16.3 Å². The molecule has 0 saturated carbocycles. The second-order valence-corrected chi connectivity index (χ2v) is 8.38. The van der Waals surface area contributed by atoms with Gasteiger partial charge in [0.15, 0.2) is 6.61 Å².